The molecule has 1 aromatic rings. The second-order valence-corrected chi connectivity index (χ2v) is 3.01. The Morgan fingerprint density at radius 2 is 2.31 bits per heavy atom. The monoisotopic (exact) mass is 180 g/mol. The first-order valence-electron chi connectivity index (χ1n) is 4.21. The highest BCUT2D eigenvalue weighted by molar-refractivity contribution is 5.22. The largest absolute Gasteiger partial charge is 0.493 e. The Morgan fingerprint density at radius 1 is 1.54 bits per heavy atom. The average Bonchev–Trinajstić information content (AvgIpc) is 2.03. The summed E-state index contributed by atoms with van der Waals surface area (Å²) >= 11 is 0. The Labute approximate surface area is 77.8 Å². The van der Waals surface area contributed by atoms with Gasteiger partial charge in [-0.25, -0.2) is 4.39 Å². The predicted octanol–water partition coefficient (Wildman–Crippen LogP) is 3.17. The Kier molecular flexibility index (Phi) is 3.50. The summed E-state index contributed by atoms with van der Waals surface area (Å²) in [4.78, 5) is 0. The first-order valence-corrected chi connectivity index (χ1v) is 4.21. The van der Waals surface area contributed by atoms with Gasteiger partial charge in [0.15, 0.2) is 0 Å². The lowest BCUT2D eigenvalue weighted by Gasteiger charge is -2.05. The van der Waals surface area contributed by atoms with E-state index in [0.29, 0.717) is 12.4 Å². The van der Waals surface area contributed by atoms with Crippen molar-refractivity contribution in [3.8, 4) is 5.75 Å². The van der Waals surface area contributed by atoms with E-state index in [2.05, 4.69) is 6.58 Å². The normalized spacial score (nSPS) is 9.69. The minimum Gasteiger partial charge on any atom is -0.493 e. The lowest BCUT2D eigenvalue weighted by molar-refractivity contribution is 0.320. The SMILES string of the molecule is C=C(C)CCOc1cccc(F)c1. The van der Waals surface area contributed by atoms with Gasteiger partial charge in [-0.3, -0.25) is 0 Å². The van der Waals surface area contributed by atoms with Crippen LogP contribution in [0.5, 0.6) is 5.75 Å². The van der Waals surface area contributed by atoms with E-state index >= 15 is 0 Å². The molecule has 0 bridgehead atoms. The van der Waals surface area contributed by atoms with Gasteiger partial charge < -0.3 is 4.74 Å². The van der Waals surface area contributed by atoms with E-state index in [-0.39, 0.29) is 5.82 Å². The maximum Gasteiger partial charge on any atom is 0.126 e. The second kappa shape index (κ2) is 4.65. The van der Waals surface area contributed by atoms with Crippen LogP contribution in [0.15, 0.2) is 36.4 Å². The fraction of sp³-hybridized carbons (Fsp3) is 0.273. The summed E-state index contributed by atoms with van der Waals surface area (Å²) in [5.41, 5.74) is 1.07. The highest BCUT2D eigenvalue weighted by Gasteiger charge is 1.95. The fourth-order valence-corrected chi connectivity index (χ4v) is 0.900. The molecule has 0 unspecified atom stereocenters. The molecule has 0 heterocycles. The molecule has 70 valence electrons. The summed E-state index contributed by atoms with van der Waals surface area (Å²) in [6.07, 6.45) is 0.802. The second-order valence-electron chi connectivity index (χ2n) is 3.01. The molecule has 0 N–H and O–H groups in total. The molecule has 1 aromatic carbocycles. The molecule has 0 spiro atoms. The summed E-state index contributed by atoms with van der Waals surface area (Å²) < 4.78 is 18.0. The van der Waals surface area contributed by atoms with Crippen molar-refractivity contribution in [2.24, 2.45) is 0 Å². The minimum absolute atomic E-state index is 0.271. The molecule has 0 atom stereocenters. The molecule has 0 aliphatic heterocycles. The van der Waals surface area contributed by atoms with E-state index in [1.54, 1.807) is 12.1 Å². The number of benzene rings is 1. The van der Waals surface area contributed by atoms with E-state index in [9.17, 15) is 4.39 Å². The van der Waals surface area contributed by atoms with Gasteiger partial charge in [0.2, 0.25) is 0 Å². The van der Waals surface area contributed by atoms with E-state index < -0.39 is 0 Å². The van der Waals surface area contributed by atoms with Crippen molar-refractivity contribution in [2.45, 2.75) is 13.3 Å². The molecule has 0 radical (unpaired) electrons. The van der Waals surface area contributed by atoms with E-state index in [1.807, 2.05) is 6.92 Å². The standard InChI is InChI=1S/C11H13FO/c1-9(2)6-7-13-11-5-3-4-10(12)8-11/h3-5,8H,1,6-7H2,2H3. The molecular weight excluding hydrogens is 167 g/mol. The van der Waals surface area contributed by atoms with Gasteiger partial charge in [0.1, 0.15) is 11.6 Å². The van der Waals surface area contributed by atoms with Gasteiger partial charge in [-0.05, 0) is 19.1 Å². The number of halogens is 1. The summed E-state index contributed by atoms with van der Waals surface area (Å²) in [6, 6.07) is 6.14. The molecule has 13 heavy (non-hydrogen) atoms. The number of hydrogen-bond donors (Lipinski definition) is 0. The van der Waals surface area contributed by atoms with E-state index in [0.717, 1.165) is 12.0 Å². The Balaban J connectivity index is 2.41. The van der Waals surface area contributed by atoms with E-state index in [1.165, 1.54) is 12.1 Å². The average molecular weight is 180 g/mol. The highest BCUT2D eigenvalue weighted by Crippen LogP contribution is 2.12. The van der Waals surface area contributed by atoms with Crippen LogP contribution in [-0.4, -0.2) is 6.61 Å². The van der Waals surface area contributed by atoms with Crippen molar-refractivity contribution in [1.82, 2.24) is 0 Å². The molecule has 0 aromatic heterocycles. The smallest absolute Gasteiger partial charge is 0.126 e. The zero-order valence-corrected chi connectivity index (χ0v) is 7.72. The van der Waals surface area contributed by atoms with Crippen molar-refractivity contribution >= 4 is 0 Å². The maximum absolute atomic E-state index is 12.7. The van der Waals surface area contributed by atoms with Gasteiger partial charge >= 0.3 is 0 Å². The van der Waals surface area contributed by atoms with Crippen LogP contribution < -0.4 is 4.74 Å². The van der Waals surface area contributed by atoms with Crippen molar-refractivity contribution in [3.63, 3.8) is 0 Å². The fourth-order valence-electron chi connectivity index (χ4n) is 0.900. The summed E-state index contributed by atoms with van der Waals surface area (Å²) in [7, 11) is 0. The van der Waals surface area contributed by atoms with Gasteiger partial charge in [0.05, 0.1) is 6.61 Å². The van der Waals surface area contributed by atoms with Crippen LogP contribution in [-0.2, 0) is 0 Å². The molecule has 0 amide bonds. The van der Waals surface area contributed by atoms with Gasteiger partial charge in [-0.1, -0.05) is 11.6 Å². The summed E-state index contributed by atoms with van der Waals surface area (Å²) in [5.74, 6) is 0.300. The molecule has 0 aliphatic carbocycles. The Morgan fingerprint density at radius 3 is 2.92 bits per heavy atom. The summed E-state index contributed by atoms with van der Waals surface area (Å²) in [6.45, 7) is 6.24. The Bertz CT molecular complexity index is 294. The number of hydrogen-bond acceptors (Lipinski definition) is 1. The van der Waals surface area contributed by atoms with Crippen molar-refractivity contribution in [1.29, 1.82) is 0 Å². The van der Waals surface area contributed by atoms with Crippen molar-refractivity contribution in [3.05, 3.63) is 42.2 Å². The quantitative estimate of drug-likeness (QED) is 0.646. The van der Waals surface area contributed by atoms with Gasteiger partial charge in [0, 0.05) is 12.5 Å². The first kappa shape index (κ1) is 9.78. The van der Waals surface area contributed by atoms with Crippen LogP contribution in [0.2, 0.25) is 0 Å². The highest BCUT2D eigenvalue weighted by atomic mass is 19.1. The zero-order valence-electron chi connectivity index (χ0n) is 7.72. The van der Waals surface area contributed by atoms with E-state index in [4.69, 9.17) is 4.74 Å². The van der Waals surface area contributed by atoms with Crippen LogP contribution in [0.1, 0.15) is 13.3 Å². The molecule has 1 rings (SSSR count). The molecule has 0 fully saturated rings. The lowest BCUT2D eigenvalue weighted by Crippen LogP contribution is -1.97. The summed E-state index contributed by atoms with van der Waals surface area (Å²) in [5, 5.41) is 0. The van der Waals surface area contributed by atoms with Crippen molar-refractivity contribution in [2.75, 3.05) is 6.61 Å². The van der Waals surface area contributed by atoms with Gasteiger partial charge in [-0.15, -0.1) is 6.58 Å². The molecule has 0 saturated heterocycles. The minimum atomic E-state index is -0.271. The van der Waals surface area contributed by atoms with Gasteiger partial charge in [0.25, 0.3) is 0 Å². The van der Waals surface area contributed by atoms with Crippen molar-refractivity contribution < 1.29 is 9.13 Å². The molecule has 1 nitrogen and oxygen atoms in total. The molecule has 0 aliphatic rings. The van der Waals surface area contributed by atoms with Crippen LogP contribution in [0.4, 0.5) is 4.39 Å². The predicted molar refractivity (Wildman–Crippen MR) is 51.3 cm³/mol. The molecular formula is C11H13FO. The lowest BCUT2D eigenvalue weighted by atomic mass is 10.2. The topological polar surface area (TPSA) is 9.23 Å². The first-order chi connectivity index (χ1) is 6.18. The van der Waals surface area contributed by atoms with Crippen LogP contribution in [0.3, 0.4) is 0 Å². The molecule has 0 saturated carbocycles. The Hall–Kier alpha value is -1.31. The third-order valence-electron chi connectivity index (χ3n) is 1.59. The van der Waals surface area contributed by atoms with Crippen LogP contribution in [0.25, 0.3) is 0 Å². The molecule has 2 heteroatoms. The third-order valence-corrected chi connectivity index (χ3v) is 1.59. The third kappa shape index (κ3) is 3.74. The number of rotatable bonds is 4. The van der Waals surface area contributed by atoms with Crippen LogP contribution in [0, 0.1) is 5.82 Å². The maximum atomic E-state index is 12.7. The van der Waals surface area contributed by atoms with Gasteiger partial charge in [-0.2, -0.15) is 0 Å². The zero-order chi connectivity index (χ0) is 9.68. The number of ether oxygens (including phenoxy) is 1. The van der Waals surface area contributed by atoms with Crippen LogP contribution >= 0.6 is 0 Å².